The first-order valence-electron chi connectivity index (χ1n) is 8.90. The van der Waals surface area contributed by atoms with Gasteiger partial charge in [0.2, 0.25) is 11.8 Å². The van der Waals surface area contributed by atoms with E-state index in [4.69, 9.17) is 4.84 Å². The molecule has 2 amide bonds. The van der Waals surface area contributed by atoms with Crippen LogP contribution in [0.3, 0.4) is 0 Å². The Hall–Kier alpha value is -2.18. The SMILES string of the molecule is O=C1NCCN(C/C=C/c2ccccc2)[C@H]1CC(=O)N1CCCCO1. The molecule has 3 rings (SSSR count). The second-order valence-electron chi connectivity index (χ2n) is 6.36. The third-order valence-electron chi connectivity index (χ3n) is 4.54. The van der Waals surface area contributed by atoms with Gasteiger partial charge in [0.15, 0.2) is 0 Å². The molecule has 0 aromatic heterocycles. The van der Waals surface area contributed by atoms with E-state index < -0.39 is 6.04 Å². The summed E-state index contributed by atoms with van der Waals surface area (Å²) in [5, 5.41) is 4.28. The van der Waals surface area contributed by atoms with Crippen LogP contribution in [0.4, 0.5) is 0 Å². The number of hydrogen-bond donors (Lipinski definition) is 1. The highest BCUT2D eigenvalue weighted by molar-refractivity contribution is 5.88. The van der Waals surface area contributed by atoms with Crippen molar-refractivity contribution in [1.29, 1.82) is 0 Å². The number of carbonyl (C=O) groups excluding carboxylic acids is 2. The fraction of sp³-hybridized carbons (Fsp3) is 0.474. The molecule has 2 fully saturated rings. The first kappa shape index (κ1) is 17.6. The van der Waals surface area contributed by atoms with E-state index in [2.05, 4.69) is 10.2 Å². The first-order chi connectivity index (χ1) is 12.2. The Morgan fingerprint density at radius 2 is 2.08 bits per heavy atom. The third kappa shape index (κ3) is 4.90. The Morgan fingerprint density at radius 1 is 1.24 bits per heavy atom. The molecule has 0 radical (unpaired) electrons. The molecule has 0 bridgehead atoms. The van der Waals surface area contributed by atoms with Gasteiger partial charge < -0.3 is 5.32 Å². The summed E-state index contributed by atoms with van der Waals surface area (Å²) in [4.78, 5) is 32.2. The molecule has 2 saturated heterocycles. The molecule has 2 heterocycles. The number of hydroxylamine groups is 2. The van der Waals surface area contributed by atoms with Crippen molar-refractivity contribution in [2.24, 2.45) is 0 Å². The van der Waals surface area contributed by atoms with Crippen LogP contribution in [0.2, 0.25) is 0 Å². The molecule has 1 atom stereocenters. The quantitative estimate of drug-likeness (QED) is 0.879. The van der Waals surface area contributed by atoms with Gasteiger partial charge in [-0.25, -0.2) is 5.06 Å². The molecule has 2 aliphatic rings. The minimum absolute atomic E-state index is 0.0790. The normalized spacial score (nSPS) is 22.2. The fourth-order valence-electron chi connectivity index (χ4n) is 3.15. The van der Waals surface area contributed by atoms with Crippen molar-refractivity contribution in [2.75, 3.05) is 32.8 Å². The van der Waals surface area contributed by atoms with E-state index in [0.29, 0.717) is 26.2 Å². The standard InChI is InChI=1S/C19H25N3O3/c23-18(22-12-4-5-14-25-22)15-17-19(24)20-10-13-21(17)11-6-9-16-7-2-1-3-8-16/h1-3,6-9,17H,4-5,10-15H2,(H,20,24)/b9-6+/t17-/m0/s1. The van der Waals surface area contributed by atoms with Crippen LogP contribution in [0, 0.1) is 0 Å². The van der Waals surface area contributed by atoms with E-state index in [-0.39, 0.29) is 18.2 Å². The van der Waals surface area contributed by atoms with E-state index in [0.717, 1.165) is 24.9 Å². The highest BCUT2D eigenvalue weighted by atomic mass is 16.7. The zero-order valence-corrected chi connectivity index (χ0v) is 14.4. The number of hydrogen-bond acceptors (Lipinski definition) is 4. The highest BCUT2D eigenvalue weighted by Gasteiger charge is 2.33. The highest BCUT2D eigenvalue weighted by Crippen LogP contribution is 2.14. The van der Waals surface area contributed by atoms with Crippen LogP contribution in [0.1, 0.15) is 24.8 Å². The molecule has 1 aromatic carbocycles. The summed E-state index contributed by atoms with van der Waals surface area (Å²) in [6.07, 6.45) is 6.17. The lowest BCUT2D eigenvalue weighted by atomic mass is 10.1. The molecule has 0 unspecified atom stereocenters. The van der Waals surface area contributed by atoms with Crippen molar-refractivity contribution in [3.63, 3.8) is 0 Å². The van der Waals surface area contributed by atoms with Gasteiger partial charge in [-0.1, -0.05) is 42.5 Å². The monoisotopic (exact) mass is 343 g/mol. The summed E-state index contributed by atoms with van der Waals surface area (Å²) in [6, 6.07) is 9.60. The van der Waals surface area contributed by atoms with Gasteiger partial charge in [-0.2, -0.15) is 0 Å². The predicted octanol–water partition coefficient (Wildman–Crippen LogP) is 1.44. The molecule has 2 aliphatic heterocycles. The van der Waals surface area contributed by atoms with Gasteiger partial charge in [-0.05, 0) is 18.4 Å². The molecule has 0 aliphatic carbocycles. The number of rotatable bonds is 5. The maximum atomic E-state index is 12.4. The molecular formula is C19H25N3O3. The van der Waals surface area contributed by atoms with E-state index in [1.54, 1.807) is 0 Å². The van der Waals surface area contributed by atoms with Crippen LogP contribution in [0.25, 0.3) is 6.08 Å². The van der Waals surface area contributed by atoms with Gasteiger partial charge in [0.25, 0.3) is 0 Å². The smallest absolute Gasteiger partial charge is 0.248 e. The van der Waals surface area contributed by atoms with Gasteiger partial charge in [-0.15, -0.1) is 0 Å². The Labute approximate surface area is 148 Å². The molecule has 0 spiro atoms. The van der Waals surface area contributed by atoms with Crippen LogP contribution in [-0.4, -0.2) is 60.6 Å². The Kier molecular flexibility index (Phi) is 6.19. The summed E-state index contributed by atoms with van der Waals surface area (Å²) < 4.78 is 0. The van der Waals surface area contributed by atoms with Crippen molar-refractivity contribution in [2.45, 2.75) is 25.3 Å². The van der Waals surface area contributed by atoms with Crippen molar-refractivity contribution in [1.82, 2.24) is 15.3 Å². The van der Waals surface area contributed by atoms with E-state index in [1.807, 2.05) is 42.5 Å². The Bertz CT molecular complexity index is 612. The molecule has 6 nitrogen and oxygen atoms in total. The van der Waals surface area contributed by atoms with Crippen molar-refractivity contribution in [3.8, 4) is 0 Å². The number of benzene rings is 1. The maximum absolute atomic E-state index is 12.4. The average molecular weight is 343 g/mol. The summed E-state index contributed by atoms with van der Waals surface area (Å²) in [6.45, 7) is 3.18. The lowest BCUT2D eigenvalue weighted by Crippen LogP contribution is -2.56. The molecule has 0 saturated carbocycles. The predicted molar refractivity (Wildman–Crippen MR) is 95.4 cm³/mol. The van der Waals surface area contributed by atoms with Crippen LogP contribution >= 0.6 is 0 Å². The number of nitrogens with zero attached hydrogens (tertiary/aromatic N) is 2. The molecule has 6 heteroatoms. The van der Waals surface area contributed by atoms with E-state index >= 15 is 0 Å². The largest absolute Gasteiger partial charge is 0.353 e. The van der Waals surface area contributed by atoms with Crippen molar-refractivity contribution >= 4 is 17.9 Å². The van der Waals surface area contributed by atoms with Crippen LogP contribution < -0.4 is 5.32 Å². The van der Waals surface area contributed by atoms with Crippen LogP contribution in [0.15, 0.2) is 36.4 Å². The molecular weight excluding hydrogens is 318 g/mol. The lowest BCUT2D eigenvalue weighted by Gasteiger charge is -2.35. The average Bonchev–Trinajstić information content (AvgIpc) is 2.66. The van der Waals surface area contributed by atoms with Crippen LogP contribution in [-0.2, 0) is 14.4 Å². The number of carbonyl (C=O) groups is 2. The lowest BCUT2D eigenvalue weighted by molar-refractivity contribution is -0.198. The van der Waals surface area contributed by atoms with E-state index in [9.17, 15) is 9.59 Å². The summed E-state index contributed by atoms with van der Waals surface area (Å²) >= 11 is 0. The van der Waals surface area contributed by atoms with Gasteiger partial charge in [0.05, 0.1) is 19.1 Å². The van der Waals surface area contributed by atoms with Gasteiger partial charge in [0.1, 0.15) is 0 Å². The minimum Gasteiger partial charge on any atom is -0.353 e. The topological polar surface area (TPSA) is 61.9 Å². The molecule has 1 N–H and O–H groups in total. The van der Waals surface area contributed by atoms with Crippen LogP contribution in [0.5, 0.6) is 0 Å². The van der Waals surface area contributed by atoms with Gasteiger partial charge in [0, 0.05) is 26.2 Å². The first-order valence-corrected chi connectivity index (χ1v) is 8.90. The van der Waals surface area contributed by atoms with Gasteiger partial charge >= 0.3 is 0 Å². The zero-order valence-electron chi connectivity index (χ0n) is 14.4. The number of amides is 2. The third-order valence-corrected chi connectivity index (χ3v) is 4.54. The number of piperazine rings is 1. The Morgan fingerprint density at radius 3 is 2.84 bits per heavy atom. The summed E-state index contributed by atoms with van der Waals surface area (Å²) in [5.41, 5.74) is 1.12. The summed E-state index contributed by atoms with van der Waals surface area (Å²) in [7, 11) is 0. The minimum atomic E-state index is -0.438. The summed E-state index contributed by atoms with van der Waals surface area (Å²) in [5.74, 6) is -0.191. The van der Waals surface area contributed by atoms with Crippen molar-refractivity contribution < 1.29 is 14.4 Å². The maximum Gasteiger partial charge on any atom is 0.248 e. The van der Waals surface area contributed by atoms with E-state index in [1.165, 1.54) is 5.06 Å². The molecule has 25 heavy (non-hydrogen) atoms. The zero-order chi connectivity index (χ0) is 17.5. The van der Waals surface area contributed by atoms with Gasteiger partial charge in [-0.3, -0.25) is 19.3 Å². The van der Waals surface area contributed by atoms with Crippen molar-refractivity contribution in [3.05, 3.63) is 42.0 Å². The number of nitrogens with one attached hydrogen (secondary N) is 1. The fourth-order valence-corrected chi connectivity index (χ4v) is 3.15. The Balaban J connectivity index is 1.59. The molecule has 1 aromatic rings. The second kappa shape index (κ2) is 8.78. The second-order valence-corrected chi connectivity index (χ2v) is 6.36. The molecule has 134 valence electrons.